The highest BCUT2D eigenvalue weighted by molar-refractivity contribution is 5.98. The van der Waals surface area contributed by atoms with E-state index < -0.39 is 59.6 Å². The fourth-order valence-corrected chi connectivity index (χ4v) is 7.96. The van der Waals surface area contributed by atoms with E-state index in [9.17, 15) is 24.3 Å². The van der Waals surface area contributed by atoms with Crippen LogP contribution in [0.2, 0.25) is 0 Å². The third-order valence-corrected chi connectivity index (χ3v) is 10.2. The molecule has 5 rings (SSSR count). The molecule has 3 heterocycles. The number of allylic oxidation sites excluding steroid dienone is 1. The van der Waals surface area contributed by atoms with Crippen molar-refractivity contribution in [3.63, 3.8) is 0 Å². The molecule has 2 aromatic rings. The maximum Gasteiger partial charge on any atom is 0.313 e. The van der Waals surface area contributed by atoms with Crippen molar-refractivity contribution in [2.75, 3.05) is 13.2 Å². The first-order chi connectivity index (χ1) is 23.6. The predicted octanol–water partition coefficient (Wildman–Crippen LogP) is 4.14. The van der Waals surface area contributed by atoms with Crippen LogP contribution in [0.5, 0.6) is 0 Å². The van der Waals surface area contributed by atoms with Gasteiger partial charge in [-0.2, -0.15) is 0 Å². The summed E-state index contributed by atoms with van der Waals surface area (Å²) in [6, 6.07) is 16.1. The lowest BCUT2D eigenvalue weighted by Gasteiger charge is -2.40. The van der Waals surface area contributed by atoms with E-state index >= 15 is 0 Å². The standard InChI is InChI=1S/C39H49N3O7/c1-6-8-19-31(44)40-26(5)34(28-17-13-10-14-18-28)48-38(47)32-30-20-21-39(49-30)33(32)36(45)42(29(24-43)23-27-15-11-9-12-16-27)35(39)37(46)41(22-7-2)25(3)4/h6-7,9-18,25-26,29-30,32-35,43H,1-2,8,19-24H2,3-5H3,(H,40,44)/t26-,29+,30+,32-,33-,34-,35+,39-/m0/s1. The van der Waals surface area contributed by atoms with Gasteiger partial charge in [-0.15, -0.1) is 13.2 Å². The van der Waals surface area contributed by atoms with Crippen molar-refractivity contribution < 1.29 is 33.8 Å². The zero-order valence-electron chi connectivity index (χ0n) is 28.7. The fraction of sp³-hybridized carbons (Fsp3) is 0.487. The molecular weight excluding hydrogens is 622 g/mol. The summed E-state index contributed by atoms with van der Waals surface area (Å²) in [6.07, 6.45) is 3.81. The number of hydrogen-bond donors (Lipinski definition) is 2. The van der Waals surface area contributed by atoms with Gasteiger partial charge in [0, 0.05) is 19.0 Å². The first-order valence-corrected chi connectivity index (χ1v) is 17.3. The molecule has 10 heteroatoms. The summed E-state index contributed by atoms with van der Waals surface area (Å²) in [6.45, 7) is 13.0. The summed E-state index contributed by atoms with van der Waals surface area (Å²) < 4.78 is 12.9. The van der Waals surface area contributed by atoms with Crippen LogP contribution >= 0.6 is 0 Å². The molecule has 0 radical (unpaired) electrons. The highest BCUT2D eigenvalue weighted by Gasteiger charge is 2.75. The minimum absolute atomic E-state index is 0.197. The molecule has 49 heavy (non-hydrogen) atoms. The molecule has 2 N–H and O–H groups in total. The van der Waals surface area contributed by atoms with Crippen LogP contribution in [-0.2, 0) is 35.1 Å². The lowest BCUT2D eigenvalue weighted by molar-refractivity contribution is -0.162. The zero-order chi connectivity index (χ0) is 35.3. The van der Waals surface area contributed by atoms with Gasteiger partial charge in [-0.1, -0.05) is 72.8 Å². The number of likely N-dealkylation sites (tertiary alicyclic amines) is 1. The van der Waals surface area contributed by atoms with Crippen LogP contribution < -0.4 is 5.32 Å². The first kappa shape index (κ1) is 36.0. The van der Waals surface area contributed by atoms with Crippen LogP contribution in [0, 0.1) is 11.8 Å². The van der Waals surface area contributed by atoms with Gasteiger partial charge in [0.15, 0.2) is 0 Å². The molecule has 262 valence electrons. The number of carbonyl (C=O) groups excluding carboxylic acids is 4. The number of ether oxygens (including phenoxy) is 2. The Balaban J connectivity index is 1.50. The topological polar surface area (TPSA) is 125 Å². The SMILES string of the molecule is C=CCCC(=O)N[C@@H](C)[C@H](OC(=O)[C@@H]1[C@H]2C(=O)N([C@@H](CO)Cc3ccccc3)[C@H](C(=O)N(CC=C)C(C)C)[C@]23CC[C@H]1O3)c1ccccc1. The van der Waals surface area contributed by atoms with Gasteiger partial charge in [0.25, 0.3) is 0 Å². The van der Waals surface area contributed by atoms with Gasteiger partial charge < -0.3 is 29.7 Å². The number of benzene rings is 2. The molecule has 3 amide bonds. The fourth-order valence-electron chi connectivity index (χ4n) is 7.96. The maximum absolute atomic E-state index is 14.7. The van der Waals surface area contributed by atoms with Gasteiger partial charge in [0.2, 0.25) is 17.7 Å². The number of nitrogens with one attached hydrogen (secondary N) is 1. The minimum Gasteiger partial charge on any atom is -0.455 e. The number of aliphatic hydroxyl groups excluding tert-OH is 1. The Morgan fingerprint density at radius 2 is 1.76 bits per heavy atom. The summed E-state index contributed by atoms with van der Waals surface area (Å²) in [5.41, 5.74) is 0.324. The number of rotatable bonds is 16. The third kappa shape index (κ3) is 7.07. The zero-order valence-corrected chi connectivity index (χ0v) is 28.7. The highest BCUT2D eigenvalue weighted by atomic mass is 16.6. The Bertz CT molecular complexity index is 1510. The van der Waals surface area contributed by atoms with Gasteiger partial charge >= 0.3 is 5.97 Å². The number of fused-ring (bicyclic) bond motifs is 1. The molecule has 1 spiro atoms. The second-order valence-electron chi connectivity index (χ2n) is 13.7. The van der Waals surface area contributed by atoms with Crippen molar-refractivity contribution in [3.05, 3.63) is 97.1 Å². The average Bonchev–Trinajstić information content (AvgIpc) is 3.75. The Labute approximate surface area is 289 Å². The van der Waals surface area contributed by atoms with Crippen LogP contribution in [0.25, 0.3) is 0 Å². The second kappa shape index (κ2) is 15.5. The van der Waals surface area contributed by atoms with E-state index in [0.29, 0.717) is 31.2 Å². The van der Waals surface area contributed by atoms with E-state index in [0.717, 1.165) is 5.56 Å². The van der Waals surface area contributed by atoms with Crippen LogP contribution in [0.1, 0.15) is 63.7 Å². The molecule has 0 saturated carbocycles. The lowest BCUT2D eigenvalue weighted by atomic mass is 9.70. The number of carbonyl (C=O) groups is 4. The van der Waals surface area contributed by atoms with E-state index in [-0.39, 0.29) is 37.4 Å². The summed E-state index contributed by atoms with van der Waals surface area (Å²) in [5, 5.41) is 13.7. The van der Waals surface area contributed by atoms with Gasteiger partial charge in [0.1, 0.15) is 17.7 Å². The Morgan fingerprint density at radius 1 is 1.08 bits per heavy atom. The number of nitrogens with zero attached hydrogens (tertiary/aromatic N) is 2. The number of hydrogen-bond acceptors (Lipinski definition) is 7. The Morgan fingerprint density at radius 3 is 2.37 bits per heavy atom. The smallest absolute Gasteiger partial charge is 0.313 e. The van der Waals surface area contributed by atoms with E-state index in [1.807, 2.05) is 74.5 Å². The van der Waals surface area contributed by atoms with Crippen LogP contribution in [-0.4, -0.2) is 87.6 Å². The van der Waals surface area contributed by atoms with E-state index in [4.69, 9.17) is 9.47 Å². The third-order valence-electron chi connectivity index (χ3n) is 10.2. The summed E-state index contributed by atoms with van der Waals surface area (Å²) >= 11 is 0. The normalized spacial score (nSPS) is 25.7. The van der Waals surface area contributed by atoms with E-state index in [2.05, 4.69) is 18.5 Å². The van der Waals surface area contributed by atoms with E-state index in [1.54, 1.807) is 24.0 Å². The molecule has 3 fully saturated rings. The first-order valence-electron chi connectivity index (χ1n) is 17.3. The number of aliphatic hydroxyl groups is 1. The van der Waals surface area contributed by atoms with Crippen molar-refractivity contribution in [1.29, 1.82) is 0 Å². The van der Waals surface area contributed by atoms with Crippen molar-refractivity contribution >= 4 is 23.7 Å². The summed E-state index contributed by atoms with van der Waals surface area (Å²) in [4.78, 5) is 59.5. The van der Waals surface area contributed by atoms with Gasteiger partial charge in [0.05, 0.1) is 36.6 Å². The molecule has 3 saturated heterocycles. The molecule has 10 nitrogen and oxygen atoms in total. The molecule has 2 aromatic carbocycles. The lowest BCUT2D eigenvalue weighted by Crippen LogP contribution is -2.60. The molecule has 2 bridgehead atoms. The predicted molar refractivity (Wildman–Crippen MR) is 185 cm³/mol. The van der Waals surface area contributed by atoms with Crippen molar-refractivity contribution in [2.45, 2.75) is 94.9 Å². The van der Waals surface area contributed by atoms with Crippen LogP contribution in [0.3, 0.4) is 0 Å². The Hall–Kier alpha value is -4.28. The average molecular weight is 672 g/mol. The van der Waals surface area contributed by atoms with Gasteiger partial charge in [-0.3, -0.25) is 19.2 Å². The van der Waals surface area contributed by atoms with Crippen LogP contribution in [0.4, 0.5) is 0 Å². The highest BCUT2D eigenvalue weighted by Crippen LogP contribution is 2.59. The van der Waals surface area contributed by atoms with Crippen molar-refractivity contribution in [2.24, 2.45) is 11.8 Å². The monoisotopic (exact) mass is 671 g/mol. The van der Waals surface area contributed by atoms with E-state index in [1.165, 1.54) is 4.90 Å². The van der Waals surface area contributed by atoms with Gasteiger partial charge in [-0.05, 0) is 57.6 Å². The second-order valence-corrected chi connectivity index (χ2v) is 13.7. The molecular formula is C39H49N3O7. The summed E-state index contributed by atoms with van der Waals surface area (Å²) in [5.74, 6) is -3.47. The maximum atomic E-state index is 14.7. The van der Waals surface area contributed by atoms with Crippen molar-refractivity contribution in [3.8, 4) is 0 Å². The molecule has 8 atom stereocenters. The minimum atomic E-state index is -1.27. The molecule has 3 aliphatic heterocycles. The van der Waals surface area contributed by atoms with Crippen molar-refractivity contribution in [1.82, 2.24) is 15.1 Å². The number of esters is 1. The molecule has 0 aromatic heterocycles. The number of amides is 3. The Kier molecular flexibility index (Phi) is 11.4. The largest absolute Gasteiger partial charge is 0.455 e. The van der Waals surface area contributed by atoms with Crippen LogP contribution in [0.15, 0.2) is 86.0 Å². The molecule has 0 unspecified atom stereocenters. The quantitative estimate of drug-likeness (QED) is 0.203. The summed E-state index contributed by atoms with van der Waals surface area (Å²) in [7, 11) is 0. The molecule has 0 aliphatic carbocycles. The van der Waals surface area contributed by atoms with Gasteiger partial charge in [-0.25, -0.2) is 0 Å². The molecule has 3 aliphatic rings.